The second-order valence-electron chi connectivity index (χ2n) is 8.24. The lowest BCUT2D eigenvalue weighted by molar-refractivity contribution is -0.118. The SMILES string of the molecule is Cc1c[nH]c(=O)c(-c2nc(NC(=O)C3(c4ccc5c(c4)CCO5)CC3)ccc2C)c1.[HH]. The van der Waals surface area contributed by atoms with E-state index in [2.05, 4.69) is 21.4 Å². The number of hydrogen-bond donors (Lipinski definition) is 2. The van der Waals surface area contributed by atoms with Crippen molar-refractivity contribution in [3.8, 4) is 17.0 Å². The highest BCUT2D eigenvalue weighted by Crippen LogP contribution is 2.50. The second kappa shape index (κ2) is 6.83. The Morgan fingerprint density at radius 2 is 2.03 bits per heavy atom. The molecule has 1 saturated carbocycles. The maximum absolute atomic E-state index is 13.2. The summed E-state index contributed by atoms with van der Waals surface area (Å²) in [6, 6.07) is 11.6. The summed E-state index contributed by atoms with van der Waals surface area (Å²) >= 11 is 0. The van der Waals surface area contributed by atoms with Crippen molar-refractivity contribution in [3.05, 3.63) is 75.2 Å². The number of amides is 1. The molecule has 3 heterocycles. The average Bonchev–Trinajstić information content (AvgIpc) is 3.42. The van der Waals surface area contributed by atoms with Crippen LogP contribution in [0.1, 0.15) is 36.5 Å². The minimum atomic E-state index is -0.509. The Bertz CT molecular complexity index is 1230. The topological polar surface area (TPSA) is 84.1 Å². The maximum Gasteiger partial charge on any atom is 0.257 e. The Labute approximate surface area is 175 Å². The van der Waals surface area contributed by atoms with Crippen molar-refractivity contribution in [2.75, 3.05) is 11.9 Å². The van der Waals surface area contributed by atoms with E-state index in [1.54, 1.807) is 12.3 Å². The van der Waals surface area contributed by atoms with Crippen molar-refractivity contribution in [3.63, 3.8) is 0 Å². The first kappa shape index (κ1) is 18.6. The number of benzene rings is 1. The van der Waals surface area contributed by atoms with Gasteiger partial charge in [0.1, 0.15) is 11.6 Å². The minimum Gasteiger partial charge on any atom is -0.493 e. The average molecular weight is 403 g/mol. The first-order valence-electron chi connectivity index (χ1n) is 10.2. The molecule has 3 aromatic rings. The Hall–Kier alpha value is -3.41. The molecule has 1 aliphatic heterocycles. The zero-order valence-corrected chi connectivity index (χ0v) is 17.0. The minimum absolute atomic E-state index is 0. The van der Waals surface area contributed by atoms with Crippen LogP contribution in [0.2, 0.25) is 0 Å². The van der Waals surface area contributed by atoms with E-state index in [-0.39, 0.29) is 12.9 Å². The summed E-state index contributed by atoms with van der Waals surface area (Å²) in [7, 11) is 0. The molecule has 2 aliphatic rings. The predicted molar refractivity (Wildman–Crippen MR) is 117 cm³/mol. The van der Waals surface area contributed by atoms with E-state index in [4.69, 9.17) is 4.74 Å². The van der Waals surface area contributed by atoms with E-state index in [1.807, 2.05) is 38.1 Å². The summed E-state index contributed by atoms with van der Waals surface area (Å²) in [6.07, 6.45) is 4.18. The number of carbonyl (C=O) groups is 1. The van der Waals surface area contributed by atoms with Crippen LogP contribution in [0.4, 0.5) is 5.82 Å². The van der Waals surface area contributed by atoms with Crippen LogP contribution in [0, 0.1) is 13.8 Å². The van der Waals surface area contributed by atoms with Crippen LogP contribution < -0.4 is 15.6 Å². The van der Waals surface area contributed by atoms with Crippen molar-refractivity contribution in [1.29, 1.82) is 0 Å². The van der Waals surface area contributed by atoms with Gasteiger partial charge in [-0.1, -0.05) is 18.2 Å². The molecule has 1 amide bonds. The van der Waals surface area contributed by atoms with Gasteiger partial charge in [0.05, 0.1) is 23.3 Å². The molecule has 1 aromatic carbocycles. The summed E-state index contributed by atoms with van der Waals surface area (Å²) < 4.78 is 5.59. The van der Waals surface area contributed by atoms with E-state index < -0.39 is 5.41 Å². The van der Waals surface area contributed by atoms with Crippen molar-refractivity contribution >= 4 is 11.7 Å². The molecule has 0 unspecified atom stereocenters. The Kier molecular flexibility index (Phi) is 4.24. The molecule has 6 heteroatoms. The number of H-pyrrole nitrogens is 1. The van der Waals surface area contributed by atoms with E-state index in [9.17, 15) is 9.59 Å². The molecule has 0 atom stereocenters. The smallest absolute Gasteiger partial charge is 0.257 e. The number of rotatable bonds is 4. The van der Waals surface area contributed by atoms with E-state index >= 15 is 0 Å². The molecular formula is C24H25N3O3. The lowest BCUT2D eigenvalue weighted by Crippen LogP contribution is -2.28. The van der Waals surface area contributed by atoms with E-state index in [1.165, 1.54) is 5.56 Å². The van der Waals surface area contributed by atoms with Gasteiger partial charge in [-0.15, -0.1) is 0 Å². The number of fused-ring (bicyclic) bond motifs is 1. The highest BCUT2D eigenvalue weighted by molar-refractivity contribution is 6.01. The van der Waals surface area contributed by atoms with Gasteiger partial charge in [-0.05, 0) is 67.1 Å². The first-order valence-corrected chi connectivity index (χ1v) is 10.2. The standard InChI is InChI=1S/C24H23N3O3.H2/c1-14-11-18(22(28)25-13-14)21-15(2)3-6-20(26-21)27-23(29)24(8-9-24)17-4-5-19-16(12-17)7-10-30-19;/h3-6,11-13H,7-10H2,1-2H3,(H,25,28)(H,26,27,29);1H. The first-order chi connectivity index (χ1) is 14.5. The molecule has 2 N–H and O–H groups in total. The predicted octanol–water partition coefficient (Wildman–Crippen LogP) is 3.90. The fraction of sp³-hybridized carbons (Fsp3) is 0.292. The van der Waals surface area contributed by atoms with Crippen LogP contribution in [-0.4, -0.2) is 22.5 Å². The van der Waals surface area contributed by atoms with Crippen molar-refractivity contribution in [1.82, 2.24) is 9.97 Å². The molecule has 6 nitrogen and oxygen atoms in total. The summed E-state index contributed by atoms with van der Waals surface area (Å²) in [4.78, 5) is 32.9. The van der Waals surface area contributed by atoms with Gasteiger partial charge in [0.2, 0.25) is 5.91 Å². The van der Waals surface area contributed by atoms with Gasteiger partial charge in [-0.2, -0.15) is 0 Å². The van der Waals surface area contributed by atoms with Crippen molar-refractivity contribution in [2.24, 2.45) is 0 Å². The molecule has 154 valence electrons. The Morgan fingerprint density at radius 3 is 2.83 bits per heavy atom. The van der Waals surface area contributed by atoms with Crippen LogP contribution in [0.3, 0.4) is 0 Å². The number of anilines is 1. The number of carbonyl (C=O) groups excluding carboxylic acids is 1. The van der Waals surface area contributed by atoms with Gasteiger partial charge < -0.3 is 15.0 Å². The number of aromatic nitrogens is 2. The van der Waals surface area contributed by atoms with Gasteiger partial charge >= 0.3 is 0 Å². The van der Waals surface area contributed by atoms with Crippen LogP contribution in [0.25, 0.3) is 11.3 Å². The molecular weight excluding hydrogens is 378 g/mol. The maximum atomic E-state index is 13.2. The molecule has 30 heavy (non-hydrogen) atoms. The van der Waals surface area contributed by atoms with Crippen LogP contribution in [-0.2, 0) is 16.6 Å². The van der Waals surface area contributed by atoms with Crippen molar-refractivity contribution < 1.29 is 11.0 Å². The third-order valence-electron chi connectivity index (χ3n) is 6.07. The lowest BCUT2D eigenvalue weighted by atomic mass is 9.93. The number of nitrogens with zero attached hydrogens (tertiary/aromatic N) is 1. The van der Waals surface area contributed by atoms with Gasteiger partial charge in [0.25, 0.3) is 5.56 Å². The highest BCUT2D eigenvalue weighted by atomic mass is 16.5. The fourth-order valence-corrected chi connectivity index (χ4v) is 4.13. The fourth-order valence-electron chi connectivity index (χ4n) is 4.13. The number of hydrogen-bond acceptors (Lipinski definition) is 4. The number of aryl methyl sites for hydroxylation is 2. The Morgan fingerprint density at radius 1 is 1.20 bits per heavy atom. The molecule has 2 aromatic heterocycles. The monoisotopic (exact) mass is 403 g/mol. The third-order valence-corrected chi connectivity index (χ3v) is 6.07. The largest absolute Gasteiger partial charge is 0.493 e. The van der Waals surface area contributed by atoms with Gasteiger partial charge in [0.15, 0.2) is 0 Å². The zero-order valence-electron chi connectivity index (χ0n) is 17.0. The molecule has 0 saturated heterocycles. The zero-order chi connectivity index (χ0) is 20.9. The second-order valence-corrected chi connectivity index (χ2v) is 8.24. The quantitative estimate of drug-likeness (QED) is 0.692. The number of aromatic amines is 1. The van der Waals surface area contributed by atoms with Crippen LogP contribution >= 0.6 is 0 Å². The number of nitrogens with one attached hydrogen (secondary N) is 2. The molecule has 0 radical (unpaired) electrons. The summed E-state index contributed by atoms with van der Waals surface area (Å²) in [5.41, 5.74) is 4.40. The van der Waals surface area contributed by atoms with Gasteiger partial charge in [0, 0.05) is 14.0 Å². The summed E-state index contributed by atoms with van der Waals surface area (Å²) in [6.45, 7) is 4.52. The normalized spacial score (nSPS) is 15.9. The Balaban J connectivity index is 0.00000231. The highest BCUT2D eigenvalue weighted by Gasteiger charge is 2.51. The van der Waals surface area contributed by atoms with Crippen molar-refractivity contribution in [2.45, 2.75) is 38.5 Å². The van der Waals surface area contributed by atoms with Crippen LogP contribution in [0.5, 0.6) is 5.75 Å². The third kappa shape index (κ3) is 3.09. The lowest BCUT2D eigenvalue weighted by Gasteiger charge is -2.17. The molecule has 0 spiro atoms. The molecule has 1 fully saturated rings. The number of ether oxygens (including phenoxy) is 1. The van der Waals surface area contributed by atoms with Gasteiger partial charge in [-0.25, -0.2) is 4.98 Å². The molecule has 1 aliphatic carbocycles. The van der Waals surface area contributed by atoms with Crippen LogP contribution in [0.15, 0.2) is 47.4 Å². The van der Waals surface area contributed by atoms with E-state index in [0.29, 0.717) is 23.7 Å². The molecule has 0 bridgehead atoms. The number of pyridine rings is 2. The van der Waals surface area contributed by atoms with Gasteiger partial charge in [-0.3, -0.25) is 9.59 Å². The summed E-state index contributed by atoms with van der Waals surface area (Å²) in [5.74, 6) is 1.32. The van der Waals surface area contributed by atoms with E-state index in [0.717, 1.165) is 41.7 Å². The summed E-state index contributed by atoms with van der Waals surface area (Å²) in [5, 5.41) is 2.99. The molecule has 5 rings (SSSR count).